The summed E-state index contributed by atoms with van der Waals surface area (Å²) in [6.45, 7) is 3.28. The van der Waals surface area contributed by atoms with E-state index in [0.717, 1.165) is 29.7 Å². The fraction of sp³-hybridized carbons (Fsp3) is 0.471. The lowest BCUT2D eigenvalue weighted by Gasteiger charge is -2.49. The van der Waals surface area contributed by atoms with Crippen molar-refractivity contribution in [3.05, 3.63) is 30.9 Å². The lowest BCUT2D eigenvalue weighted by atomic mass is 9.67. The van der Waals surface area contributed by atoms with Crippen LogP contribution in [0.4, 0.5) is 0 Å². The number of nitrogens with zero attached hydrogens (tertiary/aromatic N) is 5. The van der Waals surface area contributed by atoms with Crippen molar-refractivity contribution in [3.8, 4) is 17.1 Å². The van der Waals surface area contributed by atoms with Crippen molar-refractivity contribution in [2.75, 3.05) is 6.54 Å². The van der Waals surface area contributed by atoms with Gasteiger partial charge in [-0.25, -0.2) is 9.50 Å². The van der Waals surface area contributed by atoms with Gasteiger partial charge in [-0.05, 0) is 26.0 Å². The Hall–Kier alpha value is -2.12. The van der Waals surface area contributed by atoms with Gasteiger partial charge in [0.25, 0.3) is 0 Å². The first kappa shape index (κ1) is 16.4. The maximum atomic E-state index is 6.45. The highest BCUT2D eigenvalue weighted by Gasteiger charge is 2.55. The second-order valence-electron chi connectivity index (χ2n) is 7.07. The Balaban J connectivity index is 0.00000157. The highest BCUT2D eigenvalue weighted by molar-refractivity contribution is 5.85. The van der Waals surface area contributed by atoms with Crippen molar-refractivity contribution >= 4 is 17.9 Å². The monoisotopic (exact) mass is 360 g/mol. The van der Waals surface area contributed by atoms with Crippen LogP contribution in [0.2, 0.25) is 0 Å². The van der Waals surface area contributed by atoms with Crippen LogP contribution < -0.4 is 10.1 Å². The summed E-state index contributed by atoms with van der Waals surface area (Å²) in [4.78, 5) is 4.78. The third-order valence-corrected chi connectivity index (χ3v) is 5.44. The van der Waals surface area contributed by atoms with Crippen molar-refractivity contribution in [2.24, 2.45) is 13.0 Å². The van der Waals surface area contributed by atoms with Crippen molar-refractivity contribution in [3.63, 3.8) is 0 Å². The van der Waals surface area contributed by atoms with Crippen molar-refractivity contribution in [1.29, 1.82) is 0 Å². The Labute approximate surface area is 151 Å². The summed E-state index contributed by atoms with van der Waals surface area (Å²) in [5, 5.41) is 12.1. The number of hydrogen-bond donors (Lipinski definition) is 1. The molecule has 7 nitrogen and oxygen atoms in total. The highest BCUT2D eigenvalue weighted by Crippen LogP contribution is 2.46. The second-order valence-corrected chi connectivity index (χ2v) is 7.07. The molecule has 4 heterocycles. The van der Waals surface area contributed by atoms with Gasteiger partial charge in [-0.2, -0.15) is 10.2 Å². The van der Waals surface area contributed by atoms with Crippen LogP contribution in [0, 0.1) is 5.92 Å². The number of fused-ring (bicyclic) bond motifs is 2. The molecule has 1 saturated carbocycles. The average molecular weight is 361 g/mol. The summed E-state index contributed by atoms with van der Waals surface area (Å²) >= 11 is 0. The van der Waals surface area contributed by atoms with Gasteiger partial charge in [0.15, 0.2) is 0 Å². The van der Waals surface area contributed by atoms with E-state index >= 15 is 0 Å². The van der Waals surface area contributed by atoms with Crippen LogP contribution in [-0.2, 0) is 7.05 Å². The Morgan fingerprint density at radius 3 is 2.96 bits per heavy atom. The van der Waals surface area contributed by atoms with E-state index in [-0.39, 0.29) is 18.0 Å². The second kappa shape index (κ2) is 5.71. The van der Waals surface area contributed by atoms with Gasteiger partial charge in [0, 0.05) is 37.2 Å². The Bertz CT molecular complexity index is 921. The van der Waals surface area contributed by atoms with E-state index < -0.39 is 0 Å². The normalized spacial score (nSPS) is 27.6. The molecule has 2 fully saturated rings. The number of ether oxygens (including phenoxy) is 1. The summed E-state index contributed by atoms with van der Waals surface area (Å²) in [5.74, 6) is 1.21. The molecule has 1 N–H and O–H groups in total. The van der Waals surface area contributed by atoms with E-state index in [4.69, 9.17) is 9.72 Å². The van der Waals surface area contributed by atoms with Crippen LogP contribution in [0.3, 0.4) is 0 Å². The molecule has 3 aromatic rings. The third kappa shape index (κ3) is 2.49. The van der Waals surface area contributed by atoms with Gasteiger partial charge < -0.3 is 10.1 Å². The van der Waals surface area contributed by atoms with E-state index in [1.165, 1.54) is 6.42 Å². The Morgan fingerprint density at radius 2 is 2.20 bits per heavy atom. The molecule has 8 heteroatoms. The predicted molar refractivity (Wildman–Crippen MR) is 96.0 cm³/mol. The van der Waals surface area contributed by atoms with Gasteiger partial charge in [0.1, 0.15) is 11.1 Å². The first-order valence-electron chi connectivity index (χ1n) is 8.38. The smallest absolute Gasteiger partial charge is 0.241 e. The fourth-order valence-electron chi connectivity index (χ4n) is 4.14. The number of aryl methyl sites for hydroxylation is 1. The largest absolute Gasteiger partial charge is 0.469 e. The molecular formula is C17H21ClN6O. The summed E-state index contributed by atoms with van der Waals surface area (Å²) in [7, 11) is 1.90. The van der Waals surface area contributed by atoms with Gasteiger partial charge >= 0.3 is 0 Å². The minimum Gasteiger partial charge on any atom is -0.469 e. The van der Waals surface area contributed by atoms with E-state index in [0.29, 0.717) is 17.8 Å². The zero-order valence-electron chi connectivity index (χ0n) is 14.2. The standard InChI is InChI=1S/C17H20N6O.ClH/c1-17(7-13-12(17)3-5-18-13)24-16-15-4-6-19-23(15)10-14(21-16)11-8-20-22(2)9-11;/h4,6,8-10,12-13,18H,3,5,7H2,1-2H3;1H/t12-,13-,17+;/m1./s1. The number of halogens is 1. The quantitative estimate of drug-likeness (QED) is 0.774. The summed E-state index contributed by atoms with van der Waals surface area (Å²) < 4.78 is 10.1. The molecule has 0 radical (unpaired) electrons. The first-order valence-corrected chi connectivity index (χ1v) is 8.38. The summed E-state index contributed by atoms with van der Waals surface area (Å²) in [6.07, 6.45) is 9.64. The topological polar surface area (TPSA) is 69.3 Å². The molecule has 1 aliphatic carbocycles. The molecule has 3 atom stereocenters. The molecule has 25 heavy (non-hydrogen) atoms. The minimum absolute atomic E-state index is 0. The summed E-state index contributed by atoms with van der Waals surface area (Å²) in [6, 6.07) is 2.54. The highest BCUT2D eigenvalue weighted by atomic mass is 35.5. The predicted octanol–water partition coefficient (Wildman–Crippen LogP) is 2.07. The molecule has 0 amide bonds. The van der Waals surface area contributed by atoms with Gasteiger partial charge in [0.2, 0.25) is 5.88 Å². The van der Waals surface area contributed by atoms with E-state index in [1.807, 2.05) is 36.2 Å². The number of aromatic nitrogens is 5. The maximum absolute atomic E-state index is 6.45. The van der Waals surface area contributed by atoms with E-state index in [1.54, 1.807) is 10.9 Å². The molecule has 0 bridgehead atoms. The van der Waals surface area contributed by atoms with Crippen molar-refractivity contribution < 1.29 is 4.74 Å². The molecular weight excluding hydrogens is 340 g/mol. The molecule has 132 valence electrons. The molecule has 2 aliphatic rings. The molecule has 1 saturated heterocycles. The number of hydrogen-bond acceptors (Lipinski definition) is 5. The van der Waals surface area contributed by atoms with E-state index in [2.05, 4.69) is 22.4 Å². The Kier molecular flexibility index (Phi) is 3.73. The van der Waals surface area contributed by atoms with Crippen LogP contribution in [0.25, 0.3) is 16.8 Å². The van der Waals surface area contributed by atoms with Crippen LogP contribution in [0.1, 0.15) is 19.8 Å². The third-order valence-electron chi connectivity index (χ3n) is 5.44. The van der Waals surface area contributed by atoms with Crippen LogP contribution in [0.5, 0.6) is 5.88 Å². The molecule has 0 spiro atoms. The molecule has 5 rings (SSSR count). The fourth-order valence-corrected chi connectivity index (χ4v) is 4.14. The van der Waals surface area contributed by atoms with Gasteiger partial charge in [-0.3, -0.25) is 4.68 Å². The SMILES string of the molecule is Cl.Cn1cc(-c2cn3nccc3c(O[C@@]3(C)C[C@H]4NCC[C@H]43)n2)cn1. The van der Waals surface area contributed by atoms with Crippen LogP contribution in [-0.4, -0.2) is 42.6 Å². The lowest BCUT2D eigenvalue weighted by molar-refractivity contribution is -0.0654. The van der Waals surface area contributed by atoms with Gasteiger partial charge in [-0.1, -0.05) is 0 Å². The van der Waals surface area contributed by atoms with Gasteiger partial charge in [-0.15, -0.1) is 12.4 Å². The van der Waals surface area contributed by atoms with Gasteiger partial charge in [0.05, 0.1) is 24.3 Å². The van der Waals surface area contributed by atoms with Crippen molar-refractivity contribution in [2.45, 2.75) is 31.4 Å². The maximum Gasteiger partial charge on any atom is 0.241 e. The zero-order chi connectivity index (χ0) is 16.3. The van der Waals surface area contributed by atoms with Crippen LogP contribution in [0.15, 0.2) is 30.9 Å². The molecule has 1 aliphatic heterocycles. The zero-order valence-corrected chi connectivity index (χ0v) is 15.0. The number of rotatable bonds is 3. The molecule has 3 aromatic heterocycles. The molecule has 0 unspecified atom stereocenters. The number of nitrogens with one attached hydrogen (secondary N) is 1. The summed E-state index contributed by atoms with van der Waals surface area (Å²) in [5.41, 5.74) is 2.52. The van der Waals surface area contributed by atoms with Crippen LogP contribution >= 0.6 is 12.4 Å². The average Bonchev–Trinajstić information content (AvgIpc) is 3.25. The lowest BCUT2D eigenvalue weighted by Crippen LogP contribution is -2.59. The minimum atomic E-state index is -0.153. The Morgan fingerprint density at radius 1 is 1.32 bits per heavy atom. The first-order chi connectivity index (χ1) is 11.6. The molecule has 0 aromatic carbocycles. The van der Waals surface area contributed by atoms with E-state index in [9.17, 15) is 0 Å². The van der Waals surface area contributed by atoms with Crippen molar-refractivity contribution in [1.82, 2.24) is 29.7 Å².